The fraction of sp³-hybridized carbons (Fsp3) is 0.308. The minimum absolute atomic E-state index is 0.0106. The van der Waals surface area contributed by atoms with Gasteiger partial charge in [0.25, 0.3) is 5.92 Å². The quantitative estimate of drug-likeness (QED) is 0.384. The fourth-order valence-corrected chi connectivity index (χ4v) is 6.64. The third-order valence-corrected chi connectivity index (χ3v) is 8.57. The van der Waals surface area contributed by atoms with Gasteiger partial charge in [-0.1, -0.05) is 23.7 Å². The van der Waals surface area contributed by atoms with Crippen LogP contribution in [0, 0.1) is 23.0 Å². The molecule has 0 unspecified atom stereocenters. The predicted molar refractivity (Wildman–Crippen MR) is 140 cm³/mol. The van der Waals surface area contributed by atoms with Crippen molar-refractivity contribution in [2.24, 2.45) is 0 Å². The van der Waals surface area contributed by atoms with Crippen LogP contribution in [0.1, 0.15) is 19.3 Å². The number of para-hydroxylation sites is 1. The van der Waals surface area contributed by atoms with Crippen molar-refractivity contribution in [1.82, 2.24) is 10.0 Å². The average molecular weight is 596 g/mol. The molecule has 8 nitrogen and oxygen atoms in total. The standard InChI is InChI=1S/C26H22ClF4N5O3S/c27-21-3-1-2-4-23(21)35-7-5-16(15-32)12-26(35,33-19-13-25(30,31)14-19)36(20-10-17(28)9-18(29)11-20)24(37)22-6-8-40(38,39)34-22/h1-5,7,9-12,19,22,33-34H,6,8,13-14H2/t22-,26+/m0/s1. The third kappa shape index (κ3) is 5.32. The molecule has 2 aromatic rings. The molecule has 210 valence electrons. The number of nitrogens with one attached hydrogen (secondary N) is 2. The van der Waals surface area contributed by atoms with Crippen molar-refractivity contribution < 1.29 is 30.8 Å². The van der Waals surface area contributed by atoms with Crippen LogP contribution in [0.25, 0.3) is 0 Å². The minimum Gasteiger partial charge on any atom is -0.307 e. The van der Waals surface area contributed by atoms with Crippen molar-refractivity contribution in [2.45, 2.75) is 43.1 Å². The Hall–Kier alpha value is -3.44. The Kier molecular flexibility index (Phi) is 7.16. The zero-order valence-electron chi connectivity index (χ0n) is 20.6. The minimum atomic E-state index is -3.82. The van der Waals surface area contributed by atoms with Gasteiger partial charge in [0.15, 0.2) is 0 Å². The maximum Gasteiger partial charge on any atom is 0.251 e. The summed E-state index contributed by atoms with van der Waals surface area (Å²) in [5.41, 5.74) is -0.106. The van der Waals surface area contributed by atoms with Crippen LogP contribution in [0.2, 0.25) is 5.02 Å². The smallest absolute Gasteiger partial charge is 0.251 e. The predicted octanol–water partition coefficient (Wildman–Crippen LogP) is 4.17. The van der Waals surface area contributed by atoms with E-state index in [-0.39, 0.29) is 34.1 Å². The van der Waals surface area contributed by atoms with Gasteiger partial charge in [0.2, 0.25) is 21.7 Å². The second kappa shape index (κ2) is 10.2. The van der Waals surface area contributed by atoms with E-state index >= 15 is 0 Å². The Labute approximate surface area is 232 Å². The molecule has 5 rings (SSSR count). The molecule has 2 atom stereocenters. The van der Waals surface area contributed by atoms with E-state index in [1.165, 1.54) is 29.3 Å². The van der Waals surface area contributed by atoms with Crippen molar-refractivity contribution in [3.05, 3.63) is 83.0 Å². The number of carbonyl (C=O) groups is 1. The van der Waals surface area contributed by atoms with Crippen molar-refractivity contribution in [1.29, 1.82) is 5.26 Å². The maximum absolute atomic E-state index is 14.6. The van der Waals surface area contributed by atoms with Crippen LogP contribution < -0.4 is 19.8 Å². The summed E-state index contributed by atoms with van der Waals surface area (Å²) in [6.45, 7) is 0. The highest BCUT2D eigenvalue weighted by Crippen LogP contribution is 2.43. The number of allylic oxidation sites excluding steroid dienone is 2. The van der Waals surface area contributed by atoms with E-state index < -0.39 is 64.2 Å². The lowest BCUT2D eigenvalue weighted by molar-refractivity contribution is -0.122. The number of rotatable bonds is 6. The number of hydrogen-bond donors (Lipinski definition) is 2. The topological polar surface area (TPSA) is 106 Å². The number of hydrogen-bond acceptors (Lipinski definition) is 6. The Morgan fingerprint density at radius 3 is 2.42 bits per heavy atom. The molecule has 2 aromatic carbocycles. The van der Waals surface area contributed by atoms with E-state index in [0.29, 0.717) is 6.07 Å². The van der Waals surface area contributed by atoms with E-state index in [0.717, 1.165) is 17.0 Å². The van der Waals surface area contributed by atoms with Gasteiger partial charge >= 0.3 is 0 Å². The van der Waals surface area contributed by atoms with E-state index in [2.05, 4.69) is 10.0 Å². The molecule has 40 heavy (non-hydrogen) atoms. The van der Waals surface area contributed by atoms with Crippen molar-refractivity contribution >= 4 is 38.9 Å². The van der Waals surface area contributed by atoms with Gasteiger partial charge in [0.1, 0.15) is 17.7 Å². The molecule has 1 amide bonds. The number of benzene rings is 2. The van der Waals surface area contributed by atoms with E-state index in [1.807, 2.05) is 6.07 Å². The van der Waals surface area contributed by atoms with Crippen LogP contribution in [-0.2, 0) is 14.8 Å². The first-order valence-electron chi connectivity index (χ1n) is 12.1. The Morgan fingerprint density at radius 1 is 1.18 bits per heavy atom. The molecule has 0 spiro atoms. The molecule has 14 heteroatoms. The lowest BCUT2D eigenvalue weighted by atomic mass is 9.86. The molecular weight excluding hydrogens is 574 g/mol. The van der Waals surface area contributed by atoms with Crippen LogP contribution in [0.15, 0.2) is 66.4 Å². The number of anilines is 2. The Balaban J connectivity index is 1.77. The van der Waals surface area contributed by atoms with Gasteiger partial charge < -0.3 is 4.90 Å². The summed E-state index contributed by atoms with van der Waals surface area (Å²) in [5.74, 6) is -8.49. The fourth-order valence-electron chi connectivity index (χ4n) is 5.09. The highest BCUT2D eigenvalue weighted by molar-refractivity contribution is 7.89. The molecule has 0 aromatic heterocycles. The first kappa shape index (κ1) is 28.1. The first-order chi connectivity index (χ1) is 18.8. The van der Waals surface area contributed by atoms with Crippen LogP contribution in [0.3, 0.4) is 0 Å². The highest BCUT2D eigenvalue weighted by Gasteiger charge is 2.54. The zero-order valence-corrected chi connectivity index (χ0v) is 22.2. The van der Waals surface area contributed by atoms with Gasteiger partial charge in [-0.15, -0.1) is 0 Å². The largest absolute Gasteiger partial charge is 0.307 e. The average Bonchev–Trinajstić information content (AvgIpc) is 3.22. The van der Waals surface area contributed by atoms with Crippen LogP contribution in [-0.4, -0.2) is 43.9 Å². The van der Waals surface area contributed by atoms with Gasteiger partial charge in [-0.05, 0) is 42.8 Å². The molecular formula is C26H22ClF4N5O3S. The van der Waals surface area contributed by atoms with Gasteiger partial charge in [-0.2, -0.15) is 5.26 Å². The van der Waals surface area contributed by atoms with Gasteiger partial charge in [-0.3, -0.25) is 15.0 Å². The summed E-state index contributed by atoms with van der Waals surface area (Å²) in [6.07, 6.45) is 2.63. The van der Waals surface area contributed by atoms with Crippen LogP contribution in [0.5, 0.6) is 0 Å². The Morgan fingerprint density at radius 2 is 1.85 bits per heavy atom. The maximum atomic E-state index is 14.6. The number of halogens is 5. The van der Waals surface area contributed by atoms with Gasteiger partial charge in [0.05, 0.1) is 33.8 Å². The number of sulfonamides is 1. The van der Waals surface area contributed by atoms with Crippen molar-refractivity contribution in [3.63, 3.8) is 0 Å². The lowest BCUT2D eigenvalue weighted by Gasteiger charge is -2.54. The van der Waals surface area contributed by atoms with Gasteiger partial charge in [-0.25, -0.2) is 30.7 Å². The molecule has 2 N–H and O–H groups in total. The molecule has 1 aliphatic carbocycles. The number of alkyl halides is 2. The highest BCUT2D eigenvalue weighted by atomic mass is 35.5. The second-order valence-electron chi connectivity index (χ2n) is 9.76. The van der Waals surface area contributed by atoms with Crippen LogP contribution >= 0.6 is 11.6 Å². The van der Waals surface area contributed by atoms with Crippen LogP contribution in [0.4, 0.5) is 28.9 Å². The summed E-state index contributed by atoms with van der Waals surface area (Å²) < 4.78 is 83.8. The number of nitrogens with zero attached hydrogens (tertiary/aromatic N) is 3. The number of amides is 1. The first-order valence-corrected chi connectivity index (χ1v) is 14.2. The summed E-state index contributed by atoms with van der Waals surface area (Å²) >= 11 is 6.51. The normalized spacial score (nSPS) is 25.1. The zero-order chi connectivity index (χ0) is 28.9. The Bertz CT molecular complexity index is 1550. The molecule has 0 radical (unpaired) electrons. The molecule has 2 fully saturated rings. The molecule has 1 saturated carbocycles. The van der Waals surface area contributed by atoms with E-state index in [9.17, 15) is 36.0 Å². The SMILES string of the molecule is N#CC1=C[C@](NC2CC(F)(F)C2)(N(C(=O)[C@@H]2CCS(=O)(=O)N2)c2cc(F)cc(F)c2)N(c2ccccc2Cl)C=C1. The third-order valence-electron chi connectivity index (χ3n) is 6.84. The molecule has 1 saturated heterocycles. The second-order valence-corrected chi connectivity index (χ2v) is 12.0. The monoisotopic (exact) mass is 595 g/mol. The molecule has 0 bridgehead atoms. The summed E-state index contributed by atoms with van der Waals surface area (Å²) in [7, 11) is -3.82. The summed E-state index contributed by atoms with van der Waals surface area (Å²) in [6, 6.07) is 8.33. The molecule has 2 aliphatic heterocycles. The number of nitriles is 1. The molecule has 2 heterocycles. The number of carbonyl (C=O) groups excluding carboxylic acids is 1. The van der Waals surface area contributed by atoms with Gasteiger partial charge in [0, 0.05) is 31.1 Å². The summed E-state index contributed by atoms with van der Waals surface area (Å²) in [4.78, 5) is 16.5. The van der Waals surface area contributed by atoms with E-state index in [4.69, 9.17) is 11.6 Å². The lowest BCUT2D eigenvalue weighted by Crippen LogP contribution is -2.74. The molecule has 3 aliphatic rings. The van der Waals surface area contributed by atoms with Crippen molar-refractivity contribution in [3.8, 4) is 6.07 Å². The van der Waals surface area contributed by atoms with E-state index in [1.54, 1.807) is 18.2 Å². The van der Waals surface area contributed by atoms with Crippen molar-refractivity contribution in [2.75, 3.05) is 15.6 Å². The summed E-state index contributed by atoms with van der Waals surface area (Å²) in [5, 5.41) is 13.0.